The van der Waals surface area contributed by atoms with Crippen molar-refractivity contribution in [3.05, 3.63) is 65.4 Å². The molecule has 0 fully saturated rings. The standard InChI is InChI=1S/C21H23N3O5S/c1-13-6-5-7-19(15(13)3)28-16(4)21(25)22-17-8-10-18(11-9-17)30(26,27)24-20-12-14(2)29-23-20/h5-12,16H,1-4H3,(H,22,25)(H,23,24). The third-order valence-electron chi connectivity index (χ3n) is 4.53. The normalized spacial score (nSPS) is 12.3. The summed E-state index contributed by atoms with van der Waals surface area (Å²) in [5.41, 5.74) is 2.50. The van der Waals surface area contributed by atoms with Crippen LogP contribution in [0.3, 0.4) is 0 Å². The molecule has 0 spiro atoms. The number of hydrogen-bond acceptors (Lipinski definition) is 6. The number of hydrogen-bond donors (Lipinski definition) is 2. The summed E-state index contributed by atoms with van der Waals surface area (Å²) < 4.78 is 37.8. The molecule has 158 valence electrons. The number of carbonyl (C=O) groups excluding carboxylic acids is 1. The molecule has 8 nitrogen and oxygen atoms in total. The van der Waals surface area contributed by atoms with Gasteiger partial charge < -0.3 is 14.6 Å². The highest BCUT2D eigenvalue weighted by Crippen LogP contribution is 2.22. The average molecular weight is 429 g/mol. The Labute approximate surface area is 175 Å². The molecule has 1 atom stereocenters. The molecule has 1 aromatic heterocycles. The van der Waals surface area contributed by atoms with Crippen molar-refractivity contribution in [3.8, 4) is 5.75 Å². The lowest BCUT2D eigenvalue weighted by atomic mass is 10.1. The van der Waals surface area contributed by atoms with E-state index in [1.54, 1.807) is 13.8 Å². The maximum Gasteiger partial charge on any atom is 0.265 e. The molecule has 30 heavy (non-hydrogen) atoms. The van der Waals surface area contributed by atoms with Gasteiger partial charge in [0.2, 0.25) is 0 Å². The molecule has 0 aliphatic heterocycles. The molecule has 0 radical (unpaired) electrons. The van der Waals surface area contributed by atoms with E-state index in [1.165, 1.54) is 30.3 Å². The van der Waals surface area contributed by atoms with Crippen LogP contribution in [0.5, 0.6) is 5.75 Å². The molecule has 1 amide bonds. The highest BCUT2D eigenvalue weighted by molar-refractivity contribution is 7.92. The van der Waals surface area contributed by atoms with Gasteiger partial charge in [0.05, 0.1) is 4.90 Å². The number of ether oxygens (including phenoxy) is 1. The van der Waals surface area contributed by atoms with E-state index in [4.69, 9.17) is 9.26 Å². The molecule has 3 aromatic rings. The monoisotopic (exact) mass is 429 g/mol. The second-order valence-electron chi connectivity index (χ2n) is 6.90. The first-order valence-electron chi connectivity index (χ1n) is 9.25. The lowest BCUT2D eigenvalue weighted by Gasteiger charge is -2.17. The number of nitrogens with zero attached hydrogens (tertiary/aromatic N) is 1. The summed E-state index contributed by atoms with van der Waals surface area (Å²) in [4.78, 5) is 12.5. The van der Waals surface area contributed by atoms with E-state index in [-0.39, 0.29) is 16.6 Å². The molecule has 0 saturated heterocycles. The molecule has 1 unspecified atom stereocenters. The first-order valence-corrected chi connectivity index (χ1v) is 10.7. The number of sulfonamides is 1. The van der Waals surface area contributed by atoms with Gasteiger partial charge in [0.25, 0.3) is 15.9 Å². The van der Waals surface area contributed by atoms with Gasteiger partial charge in [-0.05, 0) is 69.2 Å². The molecule has 1 heterocycles. The van der Waals surface area contributed by atoms with Gasteiger partial charge in [0, 0.05) is 11.8 Å². The SMILES string of the molecule is Cc1cc(NS(=O)(=O)c2ccc(NC(=O)C(C)Oc3cccc(C)c3C)cc2)no1. The van der Waals surface area contributed by atoms with Gasteiger partial charge in [-0.3, -0.25) is 9.52 Å². The Hall–Kier alpha value is -3.33. The minimum absolute atomic E-state index is 0.0286. The molecule has 0 aliphatic rings. The zero-order chi connectivity index (χ0) is 21.9. The third kappa shape index (κ3) is 4.98. The Balaban J connectivity index is 1.64. The van der Waals surface area contributed by atoms with Crippen LogP contribution in [0.1, 0.15) is 23.8 Å². The summed E-state index contributed by atoms with van der Waals surface area (Å²) >= 11 is 0. The van der Waals surface area contributed by atoms with Gasteiger partial charge in [-0.25, -0.2) is 8.42 Å². The Kier molecular flexibility index (Phi) is 6.12. The minimum atomic E-state index is -3.82. The van der Waals surface area contributed by atoms with Gasteiger partial charge in [-0.2, -0.15) is 0 Å². The van der Waals surface area contributed by atoms with E-state index in [0.717, 1.165) is 11.1 Å². The zero-order valence-electron chi connectivity index (χ0n) is 17.1. The molecule has 0 bridgehead atoms. The van der Waals surface area contributed by atoms with Crippen LogP contribution in [0, 0.1) is 20.8 Å². The van der Waals surface area contributed by atoms with Crippen molar-refractivity contribution in [1.82, 2.24) is 5.16 Å². The van der Waals surface area contributed by atoms with Gasteiger partial charge >= 0.3 is 0 Å². The van der Waals surface area contributed by atoms with Crippen LogP contribution in [-0.2, 0) is 14.8 Å². The van der Waals surface area contributed by atoms with Crippen LogP contribution in [0.25, 0.3) is 0 Å². The van der Waals surface area contributed by atoms with E-state index in [1.807, 2.05) is 32.0 Å². The van der Waals surface area contributed by atoms with E-state index >= 15 is 0 Å². The molecule has 3 rings (SSSR count). The number of benzene rings is 2. The topological polar surface area (TPSA) is 111 Å². The maximum absolute atomic E-state index is 12.5. The quantitative estimate of drug-likeness (QED) is 0.591. The number of amides is 1. The number of nitrogens with one attached hydrogen (secondary N) is 2. The highest BCUT2D eigenvalue weighted by Gasteiger charge is 2.18. The van der Waals surface area contributed by atoms with Gasteiger partial charge in [0.1, 0.15) is 11.5 Å². The van der Waals surface area contributed by atoms with Gasteiger partial charge in [-0.15, -0.1) is 0 Å². The van der Waals surface area contributed by atoms with E-state index in [2.05, 4.69) is 15.2 Å². The van der Waals surface area contributed by atoms with Crippen LogP contribution < -0.4 is 14.8 Å². The van der Waals surface area contributed by atoms with Crippen molar-refractivity contribution in [3.63, 3.8) is 0 Å². The Morgan fingerprint density at radius 2 is 1.80 bits per heavy atom. The molecule has 0 saturated carbocycles. The summed E-state index contributed by atoms with van der Waals surface area (Å²) in [5, 5.41) is 6.33. The Bertz CT molecular complexity index is 1150. The second-order valence-corrected chi connectivity index (χ2v) is 8.58. The van der Waals surface area contributed by atoms with Crippen LogP contribution in [0.2, 0.25) is 0 Å². The lowest BCUT2D eigenvalue weighted by Crippen LogP contribution is -2.30. The van der Waals surface area contributed by atoms with E-state index in [0.29, 0.717) is 17.2 Å². The lowest BCUT2D eigenvalue weighted by molar-refractivity contribution is -0.122. The van der Waals surface area contributed by atoms with Crippen molar-refractivity contribution < 1.29 is 22.5 Å². The summed E-state index contributed by atoms with van der Waals surface area (Å²) in [7, 11) is -3.82. The number of carbonyl (C=O) groups is 1. The fourth-order valence-corrected chi connectivity index (χ4v) is 3.65. The van der Waals surface area contributed by atoms with E-state index in [9.17, 15) is 13.2 Å². The molecule has 2 aromatic carbocycles. The highest BCUT2D eigenvalue weighted by atomic mass is 32.2. The van der Waals surface area contributed by atoms with Gasteiger partial charge in [-0.1, -0.05) is 17.3 Å². The zero-order valence-corrected chi connectivity index (χ0v) is 17.9. The largest absolute Gasteiger partial charge is 0.481 e. The summed E-state index contributed by atoms with van der Waals surface area (Å²) in [6, 6.07) is 12.9. The second kappa shape index (κ2) is 8.58. The molecule has 9 heteroatoms. The predicted octanol–water partition coefficient (Wildman–Crippen LogP) is 3.81. The number of rotatable bonds is 7. The first kappa shape index (κ1) is 21.4. The van der Waals surface area contributed by atoms with Crippen LogP contribution in [0.15, 0.2) is 57.9 Å². The summed E-state index contributed by atoms with van der Waals surface area (Å²) in [5.74, 6) is 0.890. The van der Waals surface area contributed by atoms with E-state index < -0.39 is 16.1 Å². The Morgan fingerprint density at radius 3 is 2.43 bits per heavy atom. The van der Waals surface area contributed by atoms with Crippen molar-refractivity contribution >= 4 is 27.4 Å². The molecular formula is C21H23N3O5S. The van der Waals surface area contributed by atoms with Crippen molar-refractivity contribution in [2.24, 2.45) is 0 Å². The van der Waals surface area contributed by atoms with Gasteiger partial charge in [0.15, 0.2) is 11.9 Å². The van der Waals surface area contributed by atoms with Crippen molar-refractivity contribution in [2.45, 2.75) is 38.7 Å². The number of aryl methyl sites for hydroxylation is 2. The summed E-state index contributed by atoms with van der Waals surface area (Å²) in [6.07, 6.45) is -0.731. The third-order valence-corrected chi connectivity index (χ3v) is 5.90. The number of anilines is 2. The fourth-order valence-electron chi connectivity index (χ4n) is 2.67. The number of aromatic nitrogens is 1. The first-order chi connectivity index (χ1) is 14.2. The Morgan fingerprint density at radius 1 is 1.10 bits per heavy atom. The smallest absolute Gasteiger partial charge is 0.265 e. The van der Waals surface area contributed by atoms with Crippen LogP contribution >= 0.6 is 0 Å². The van der Waals surface area contributed by atoms with Crippen LogP contribution in [0.4, 0.5) is 11.5 Å². The molecule has 0 aliphatic carbocycles. The maximum atomic E-state index is 12.5. The molecule has 2 N–H and O–H groups in total. The van der Waals surface area contributed by atoms with Crippen molar-refractivity contribution in [1.29, 1.82) is 0 Å². The molecular weight excluding hydrogens is 406 g/mol. The summed E-state index contributed by atoms with van der Waals surface area (Å²) in [6.45, 7) is 7.22. The van der Waals surface area contributed by atoms with Crippen molar-refractivity contribution in [2.75, 3.05) is 10.0 Å². The predicted molar refractivity (Wildman–Crippen MR) is 113 cm³/mol. The fraction of sp³-hybridized carbons (Fsp3) is 0.238. The average Bonchev–Trinajstić information content (AvgIpc) is 3.09. The van der Waals surface area contributed by atoms with Crippen LogP contribution in [-0.4, -0.2) is 25.6 Å². The minimum Gasteiger partial charge on any atom is -0.481 e.